The van der Waals surface area contributed by atoms with Crippen LogP contribution >= 0.6 is 10.8 Å². The van der Waals surface area contributed by atoms with Gasteiger partial charge in [-0.15, -0.1) is 10.8 Å². The molecule has 43 heavy (non-hydrogen) atoms. The van der Waals surface area contributed by atoms with Gasteiger partial charge in [0, 0.05) is 19.6 Å². The van der Waals surface area contributed by atoms with Gasteiger partial charge in [-0.25, -0.2) is 4.39 Å². The number of anilines is 1. The Hall–Kier alpha value is -3.16. The minimum absolute atomic E-state index is 0.0449. The molecule has 2 atom stereocenters. The molecule has 1 amide bonds. The number of nitrogens with one attached hydrogen (secondary N) is 2. The number of hydrogen-bond donors (Lipinski definition) is 5. The van der Waals surface area contributed by atoms with Gasteiger partial charge in [0.05, 0.1) is 34.7 Å². The summed E-state index contributed by atoms with van der Waals surface area (Å²) in [5.74, 6) is -1.54. The molecule has 1 aliphatic heterocycles. The van der Waals surface area contributed by atoms with Crippen LogP contribution in [-0.2, 0) is 25.6 Å². The van der Waals surface area contributed by atoms with Crippen molar-refractivity contribution >= 4 is 22.4 Å². The maximum absolute atomic E-state index is 15.9. The number of halogens is 4. The maximum Gasteiger partial charge on any atom is 0.416 e. The highest BCUT2D eigenvalue weighted by molar-refractivity contribution is 8.25. The molecule has 1 heterocycles. The van der Waals surface area contributed by atoms with Crippen molar-refractivity contribution < 1.29 is 36.6 Å². The van der Waals surface area contributed by atoms with E-state index in [-0.39, 0.29) is 43.1 Å². The molecule has 7 nitrogen and oxygen atoms in total. The molecule has 12 heteroatoms. The molecule has 3 aromatic rings. The fourth-order valence-corrected chi connectivity index (χ4v) is 6.75. The van der Waals surface area contributed by atoms with Crippen molar-refractivity contribution in [3.8, 4) is 0 Å². The highest BCUT2D eigenvalue weighted by Crippen LogP contribution is 2.52. The van der Waals surface area contributed by atoms with E-state index in [1.165, 1.54) is 22.5 Å². The van der Waals surface area contributed by atoms with Gasteiger partial charge in [-0.05, 0) is 54.2 Å². The van der Waals surface area contributed by atoms with E-state index in [0.29, 0.717) is 24.0 Å². The summed E-state index contributed by atoms with van der Waals surface area (Å²) >= 11 is 0. The van der Waals surface area contributed by atoms with E-state index in [4.69, 9.17) is 0 Å². The quantitative estimate of drug-likeness (QED) is 0.155. The predicted molar refractivity (Wildman–Crippen MR) is 161 cm³/mol. The van der Waals surface area contributed by atoms with Crippen LogP contribution in [0.4, 0.5) is 23.2 Å². The summed E-state index contributed by atoms with van der Waals surface area (Å²) in [6, 6.07) is 16.0. The van der Waals surface area contributed by atoms with Crippen LogP contribution in [0.5, 0.6) is 0 Å². The van der Waals surface area contributed by atoms with Gasteiger partial charge < -0.3 is 15.7 Å². The number of amides is 1. The third-order valence-corrected chi connectivity index (χ3v) is 9.24. The fraction of sp³-hybridized carbons (Fsp3) is 0.387. The molecule has 0 saturated carbocycles. The van der Waals surface area contributed by atoms with Gasteiger partial charge in [0.25, 0.3) is 5.91 Å². The first kappa shape index (κ1) is 32.7. The Bertz CT molecular complexity index is 1390. The molecule has 0 bridgehead atoms. The van der Waals surface area contributed by atoms with Gasteiger partial charge in [0.2, 0.25) is 0 Å². The fourth-order valence-electron chi connectivity index (χ4n) is 5.14. The van der Waals surface area contributed by atoms with E-state index in [1.807, 2.05) is 25.1 Å². The number of aliphatic hydroxyl groups excluding tert-OH is 1. The van der Waals surface area contributed by atoms with Crippen LogP contribution in [0.1, 0.15) is 52.4 Å². The molecule has 1 aliphatic rings. The summed E-state index contributed by atoms with van der Waals surface area (Å²) in [6.07, 6.45) is -3.72. The summed E-state index contributed by atoms with van der Waals surface area (Å²) in [6.45, 7) is 2.16. The van der Waals surface area contributed by atoms with Gasteiger partial charge in [0.15, 0.2) is 5.82 Å². The highest BCUT2D eigenvalue weighted by atomic mass is 32.3. The van der Waals surface area contributed by atoms with Crippen molar-refractivity contribution in [2.75, 3.05) is 23.1 Å². The number of rotatable bonds is 12. The molecule has 3 aromatic carbocycles. The molecule has 0 radical (unpaired) electrons. The number of hydrogen-bond acceptors (Lipinski definition) is 6. The third-order valence-electron chi connectivity index (χ3n) is 7.31. The molecule has 4 rings (SSSR count). The average Bonchev–Trinajstić information content (AvgIpc) is 3.32. The SMILES string of the molecule is CCCc1cc(C(=O)N[C@@H](Cc2ccccc2)[C@@H](O)CNCc2cccc(C(F)(F)F)c2)c(F)c(N2CCCS2(O)O)c1. The second kappa shape index (κ2) is 14.1. The van der Waals surface area contributed by atoms with Crippen LogP contribution in [0.3, 0.4) is 0 Å². The number of alkyl halides is 3. The van der Waals surface area contributed by atoms with E-state index < -0.39 is 46.4 Å². The lowest BCUT2D eigenvalue weighted by atomic mass is 9.99. The maximum atomic E-state index is 15.9. The van der Waals surface area contributed by atoms with E-state index in [2.05, 4.69) is 10.6 Å². The Morgan fingerprint density at radius 3 is 2.40 bits per heavy atom. The summed E-state index contributed by atoms with van der Waals surface area (Å²) in [7, 11) is -3.21. The topological polar surface area (TPSA) is 105 Å². The number of aryl methyl sites for hydroxylation is 1. The summed E-state index contributed by atoms with van der Waals surface area (Å²) in [4.78, 5) is 13.6. The molecular weight excluding hydrogens is 586 g/mol. The largest absolute Gasteiger partial charge is 0.416 e. The Morgan fingerprint density at radius 1 is 1.02 bits per heavy atom. The standard InChI is InChI=1S/C31H37F4N3O4S/c1-2-8-22-16-25(29(32)27(18-22)38-13-7-14-43(38,41)42)30(40)37-26(17-21-9-4-3-5-10-21)28(39)20-36-19-23-11-6-12-24(15-23)31(33,34)35/h3-6,9-12,15-16,18,26,28,36,39,41-42H,2,7-8,13-14,17,19-20H2,1H3,(H,37,40)/t26-,28-/m0/s1. The molecule has 0 unspecified atom stereocenters. The lowest BCUT2D eigenvalue weighted by molar-refractivity contribution is -0.137. The smallest absolute Gasteiger partial charge is 0.390 e. The number of carbonyl (C=O) groups excluding carboxylic acids is 1. The molecule has 0 aliphatic carbocycles. The number of carbonyl (C=O) groups is 1. The molecule has 1 fully saturated rings. The second-order valence-electron chi connectivity index (χ2n) is 10.7. The van der Waals surface area contributed by atoms with Gasteiger partial charge in [-0.1, -0.05) is 61.9 Å². The number of nitrogens with zero attached hydrogens (tertiary/aromatic N) is 1. The summed E-state index contributed by atoms with van der Waals surface area (Å²) in [5.41, 5.74) is 0.747. The van der Waals surface area contributed by atoms with E-state index in [9.17, 15) is 32.2 Å². The lowest BCUT2D eigenvalue weighted by Crippen LogP contribution is -2.49. The van der Waals surface area contributed by atoms with Gasteiger partial charge in [0.1, 0.15) is 0 Å². The Labute approximate surface area is 250 Å². The summed E-state index contributed by atoms with van der Waals surface area (Å²) < 4.78 is 77.3. The second-order valence-corrected chi connectivity index (χ2v) is 12.8. The molecule has 1 saturated heterocycles. The minimum atomic E-state index is -4.48. The van der Waals surface area contributed by atoms with Crippen molar-refractivity contribution in [2.24, 2.45) is 0 Å². The summed E-state index contributed by atoms with van der Waals surface area (Å²) in [5, 5.41) is 16.8. The van der Waals surface area contributed by atoms with E-state index >= 15 is 4.39 Å². The highest BCUT2D eigenvalue weighted by Gasteiger charge is 2.34. The molecule has 5 N–H and O–H groups in total. The van der Waals surface area contributed by atoms with Gasteiger partial charge in [-0.2, -0.15) is 13.2 Å². The first-order chi connectivity index (χ1) is 20.4. The monoisotopic (exact) mass is 623 g/mol. The Kier molecular flexibility index (Phi) is 10.7. The van der Waals surface area contributed by atoms with Crippen molar-refractivity contribution in [2.45, 2.75) is 57.5 Å². The van der Waals surface area contributed by atoms with E-state index in [0.717, 1.165) is 24.1 Å². The van der Waals surface area contributed by atoms with Gasteiger partial charge >= 0.3 is 6.18 Å². The van der Waals surface area contributed by atoms with Crippen molar-refractivity contribution in [1.29, 1.82) is 0 Å². The van der Waals surface area contributed by atoms with Crippen LogP contribution in [0.15, 0.2) is 66.7 Å². The molecule has 0 spiro atoms. The average molecular weight is 624 g/mol. The number of benzene rings is 3. The van der Waals surface area contributed by atoms with Crippen molar-refractivity contribution in [3.05, 3.63) is 100 Å². The number of aliphatic hydroxyl groups is 1. The minimum Gasteiger partial charge on any atom is -0.390 e. The zero-order valence-corrected chi connectivity index (χ0v) is 24.6. The van der Waals surface area contributed by atoms with Gasteiger partial charge in [-0.3, -0.25) is 18.2 Å². The molecular formula is C31H37F4N3O4S. The normalized spacial score (nSPS) is 17.0. The zero-order valence-electron chi connectivity index (χ0n) is 23.8. The Balaban J connectivity index is 1.54. The first-order valence-electron chi connectivity index (χ1n) is 14.1. The van der Waals surface area contributed by atoms with Crippen LogP contribution in [0, 0.1) is 5.82 Å². The third kappa shape index (κ3) is 8.48. The first-order valence-corrected chi connectivity index (χ1v) is 15.8. The van der Waals surface area contributed by atoms with Crippen LogP contribution in [-0.4, -0.2) is 51.1 Å². The zero-order chi connectivity index (χ0) is 31.2. The van der Waals surface area contributed by atoms with Crippen molar-refractivity contribution in [1.82, 2.24) is 10.6 Å². The van der Waals surface area contributed by atoms with E-state index in [1.54, 1.807) is 18.2 Å². The predicted octanol–water partition coefficient (Wildman–Crippen LogP) is 6.16. The molecule has 234 valence electrons. The Morgan fingerprint density at radius 2 is 1.74 bits per heavy atom. The molecule has 0 aromatic heterocycles. The van der Waals surface area contributed by atoms with Crippen LogP contribution in [0.2, 0.25) is 0 Å². The van der Waals surface area contributed by atoms with Crippen molar-refractivity contribution in [3.63, 3.8) is 0 Å². The van der Waals surface area contributed by atoms with Crippen LogP contribution < -0.4 is 14.9 Å². The van der Waals surface area contributed by atoms with Crippen LogP contribution in [0.25, 0.3) is 0 Å². The lowest BCUT2D eigenvalue weighted by Gasteiger charge is -2.38.